The molecule has 4 heteroatoms. The van der Waals surface area contributed by atoms with Crippen molar-refractivity contribution in [2.24, 2.45) is 5.92 Å². The monoisotopic (exact) mass is 225 g/mol. The number of hydrogen-bond donors (Lipinski definition) is 1. The van der Waals surface area contributed by atoms with Crippen molar-refractivity contribution in [2.45, 2.75) is 25.9 Å². The third-order valence-electron chi connectivity index (χ3n) is 3.51. The first-order chi connectivity index (χ1) is 7.72. The summed E-state index contributed by atoms with van der Waals surface area (Å²) in [7, 11) is 2.14. The van der Waals surface area contributed by atoms with E-state index in [0.29, 0.717) is 5.92 Å². The van der Waals surface area contributed by atoms with Crippen LogP contribution >= 0.6 is 0 Å². The molecule has 0 radical (unpaired) electrons. The third kappa shape index (κ3) is 2.74. The van der Waals surface area contributed by atoms with E-state index in [9.17, 15) is 0 Å². The molecule has 0 aromatic rings. The molecule has 92 valence electrons. The maximum absolute atomic E-state index is 8.26. The summed E-state index contributed by atoms with van der Waals surface area (Å²) in [6.45, 7) is 6.82. The Balaban J connectivity index is 1.88. The molecule has 1 saturated heterocycles. The molecule has 1 heterocycles. The maximum atomic E-state index is 8.26. The van der Waals surface area contributed by atoms with Gasteiger partial charge < -0.3 is 14.5 Å². The van der Waals surface area contributed by atoms with E-state index in [1.165, 1.54) is 12.8 Å². The van der Waals surface area contributed by atoms with Crippen LogP contribution in [0.25, 0.3) is 0 Å². The summed E-state index contributed by atoms with van der Waals surface area (Å²) in [5, 5.41) is 8.26. The minimum Gasteiger partial charge on any atom is -0.370 e. The number of piperazine rings is 1. The number of likely N-dealkylation sites (N-methyl/N-ethyl adjacent to an activating group) is 1. The SMILES string of the molecule is CCOC(C(=N)N1CCN(C)CC1)C1CC1. The fourth-order valence-electron chi connectivity index (χ4n) is 2.24. The van der Waals surface area contributed by atoms with Crippen LogP contribution < -0.4 is 0 Å². The third-order valence-corrected chi connectivity index (χ3v) is 3.51. The minimum absolute atomic E-state index is 0.0633. The molecule has 1 N–H and O–H groups in total. The highest BCUT2D eigenvalue weighted by molar-refractivity contribution is 5.84. The van der Waals surface area contributed by atoms with Gasteiger partial charge in [0.15, 0.2) is 0 Å². The van der Waals surface area contributed by atoms with Crippen LogP contribution in [0.5, 0.6) is 0 Å². The standard InChI is InChI=1S/C12H23N3O/c1-3-16-11(10-4-5-10)12(13)15-8-6-14(2)7-9-15/h10-11,13H,3-9H2,1-2H3. The van der Waals surface area contributed by atoms with Crippen LogP contribution in [0.4, 0.5) is 0 Å². The van der Waals surface area contributed by atoms with E-state index in [-0.39, 0.29) is 6.10 Å². The van der Waals surface area contributed by atoms with E-state index >= 15 is 0 Å². The summed E-state index contributed by atoms with van der Waals surface area (Å²) in [5.41, 5.74) is 0. The first kappa shape index (κ1) is 11.9. The van der Waals surface area contributed by atoms with E-state index < -0.39 is 0 Å². The smallest absolute Gasteiger partial charge is 0.126 e. The quantitative estimate of drug-likeness (QED) is 0.574. The van der Waals surface area contributed by atoms with Crippen LogP contribution in [0.1, 0.15) is 19.8 Å². The fourth-order valence-corrected chi connectivity index (χ4v) is 2.24. The molecule has 2 fully saturated rings. The molecule has 2 rings (SSSR count). The van der Waals surface area contributed by atoms with Crippen molar-refractivity contribution in [1.29, 1.82) is 5.41 Å². The van der Waals surface area contributed by atoms with E-state index in [1.807, 2.05) is 6.92 Å². The molecule has 0 aromatic carbocycles. The van der Waals surface area contributed by atoms with Gasteiger partial charge in [0.05, 0.1) is 0 Å². The largest absolute Gasteiger partial charge is 0.370 e. The Morgan fingerprint density at radius 3 is 2.44 bits per heavy atom. The number of rotatable bonds is 4. The summed E-state index contributed by atoms with van der Waals surface area (Å²) in [4.78, 5) is 4.51. The Kier molecular flexibility index (Phi) is 3.82. The van der Waals surface area contributed by atoms with Gasteiger partial charge in [-0.05, 0) is 32.7 Å². The molecule has 1 unspecified atom stereocenters. The summed E-state index contributed by atoms with van der Waals surface area (Å²) in [6.07, 6.45) is 2.54. The van der Waals surface area contributed by atoms with Gasteiger partial charge in [-0.25, -0.2) is 0 Å². The van der Waals surface area contributed by atoms with E-state index in [4.69, 9.17) is 10.1 Å². The average Bonchev–Trinajstić information content (AvgIpc) is 3.10. The molecule has 0 spiro atoms. The zero-order valence-corrected chi connectivity index (χ0v) is 10.4. The summed E-state index contributed by atoms with van der Waals surface area (Å²) in [6, 6.07) is 0. The zero-order valence-electron chi connectivity index (χ0n) is 10.4. The summed E-state index contributed by atoms with van der Waals surface area (Å²) >= 11 is 0. The number of ether oxygens (including phenoxy) is 1. The van der Waals surface area contributed by atoms with Gasteiger partial charge in [0.2, 0.25) is 0 Å². The van der Waals surface area contributed by atoms with E-state index in [1.54, 1.807) is 0 Å². The molecule has 0 amide bonds. The van der Waals surface area contributed by atoms with Gasteiger partial charge in [0.1, 0.15) is 11.9 Å². The number of nitrogens with zero attached hydrogens (tertiary/aromatic N) is 2. The number of hydrogen-bond acceptors (Lipinski definition) is 3. The van der Waals surface area contributed by atoms with Gasteiger partial charge in [0.25, 0.3) is 0 Å². The first-order valence-corrected chi connectivity index (χ1v) is 6.36. The lowest BCUT2D eigenvalue weighted by atomic mass is 10.1. The second-order valence-corrected chi connectivity index (χ2v) is 4.89. The first-order valence-electron chi connectivity index (χ1n) is 6.36. The van der Waals surface area contributed by atoms with Crippen LogP contribution in [-0.4, -0.2) is 61.6 Å². The van der Waals surface area contributed by atoms with Crippen molar-refractivity contribution >= 4 is 5.84 Å². The van der Waals surface area contributed by atoms with Crippen LogP contribution in [0.15, 0.2) is 0 Å². The second kappa shape index (κ2) is 5.15. The molecule has 16 heavy (non-hydrogen) atoms. The lowest BCUT2D eigenvalue weighted by Gasteiger charge is -2.36. The van der Waals surface area contributed by atoms with Crippen molar-refractivity contribution in [2.75, 3.05) is 39.8 Å². The van der Waals surface area contributed by atoms with Crippen LogP contribution in [0, 0.1) is 11.3 Å². The average molecular weight is 225 g/mol. The molecule has 1 atom stereocenters. The number of nitrogens with one attached hydrogen (secondary N) is 1. The van der Waals surface area contributed by atoms with Gasteiger partial charge in [-0.15, -0.1) is 0 Å². The predicted octanol–water partition coefficient (Wildman–Crippen LogP) is 1.03. The van der Waals surface area contributed by atoms with Gasteiger partial charge in [-0.3, -0.25) is 5.41 Å². The van der Waals surface area contributed by atoms with Crippen LogP contribution in [0.3, 0.4) is 0 Å². The topological polar surface area (TPSA) is 39.6 Å². The summed E-state index contributed by atoms with van der Waals surface area (Å²) in [5.74, 6) is 1.34. The van der Waals surface area contributed by atoms with Gasteiger partial charge in [-0.2, -0.15) is 0 Å². The molecule has 2 aliphatic rings. The highest BCUT2D eigenvalue weighted by Gasteiger charge is 2.37. The molecule has 1 saturated carbocycles. The lowest BCUT2D eigenvalue weighted by Crippen LogP contribution is -2.51. The Morgan fingerprint density at radius 2 is 1.94 bits per heavy atom. The van der Waals surface area contributed by atoms with Crippen molar-refractivity contribution < 1.29 is 4.74 Å². The maximum Gasteiger partial charge on any atom is 0.126 e. The van der Waals surface area contributed by atoms with Gasteiger partial charge >= 0.3 is 0 Å². The van der Waals surface area contributed by atoms with Crippen molar-refractivity contribution in [3.05, 3.63) is 0 Å². The molecule has 1 aliphatic heterocycles. The fraction of sp³-hybridized carbons (Fsp3) is 0.917. The van der Waals surface area contributed by atoms with Crippen molar-refractivity contribution in [1.82, 2.24) is 9.80 Å². The highest BCUT2D eigenvalue weighted by Crippen LogP contribution is 2.35. The van der Waals surface area contributed by atoms with Gasteiger partial charge in [0, 0.05) is 32.8 Å². The van der Waals surface area contributed by atoms with E-state index in [0.717, 1.165) is 38.6 Å². The van der Waals surface area contributed by atoms with Crippen LogP contribution in [0.2, 0.25) is 0 Å². The Morgan fingerprint density at radius 1 is 1.31 bits per heavy atom. The predicted molar refractivity (Wildman–Crippen MR) is 64.9 cm³/mol. The van der Waals surface area contributed by atoms with Crippen molar-refractivity contribution in [3.8, 4) is 0 Å². The zero-order chi connectivity index (χ0) is 11.5. The van der Waals surface area contributed by atoms with Gasteiger partial charge in [-0.1, -0.05) is 0 Å². The lowest BCUT2D eigenvalue weighted by molar-refractivity contribution is 0.0795. The molecule has 4 nitrogen and oxygen atoms in total. The Labute approximate surface area is 98.1 Å². The second-order valence-electron chi connectivity index (χ2n) is 4.89. The minimum atomic E-state index is 0.0633. The summed E-state index contributed by atoms with van der Waals surface area (Å²) < 4.78 is 5.73. The molecule has 0 aromatic heterocycles. The van der Waals surface area contributed by atoms with E-state index in [2.05, 4.69) is 16.8 Å². The molecule has 1 aliphatic carbocycles. The Hall–Kier alpha value is -0.610. The number of amidine groups is 1. The normalized spacial score (nSPS) is 24.5. The molecular formula is C12H23N3O. The van der Waals surface area contributed by atoms with Crippen LogP contribution in [-0.2, 0) is 4.74 Å². The molecule has 0 bridgehead atoms. The highest BCUT2D eigenvalue weighted by atomic mass is 16.5. The Bertz CT molecular complexity index is 245. The molecular weight excluding hydrogens is 202 g/mol. The van der Waals surface area contributed by atoms with Crippen molar-refractivity contribution in [3.63, 3.8) is 0 Å².